The highest BCUT2D eigenvalue weighted by molar-refractivity contribution is 5.97. The van der Waals surface area contributed by atoms with Crippen molar-refractivity contribution in [1.29, 1.82) is 0 Å². The number of nitrogens with one attached hydrogen (secondary N) is 1. The third kappa shape index (κ3) is 4.79. The van der Waals surface area contributed by atoms with E-state index in [4.69, 9.17) is 0 Å². The number of amides is 1. The molecule has 0 aliphatic rings. The molecule has 0 bridgehead atoms. The Labute approximate surface area is 144 Å². The molecule has 0 aliphatic heterocycles. The number of carbonyl (C=O) groups excluding carboxylic acids is 2. The molecule has 1 amide bonds. The molecule has 0 unspecified atom stereocenters. The molecule has 0 atom stereocenters. The van der Waals surface area contributed by atoms with Crippen LogP contribution in [0.3, 0.4) is 0 Å². The molecule has 24 heavy (non-hydrogen) atoms. The molecule has 2 aromatic carbocycles. The van der Waals surface area contributed by atoms with Gasteiger partial charge in [0.25, 0.3) is 0 Å². The number of anilines is 1. The molecular weight excluding hydrogens is 298 g/mol. The molecule has 0 saturated heterocycles. The average Bonchev–Trinajstić information content (AvgIpc) is 2.55. The van der Waals surface area contributed by atoms with Crippen molar-refractivity contribution >= 4 is 17.4 Å². The molecular formula is C21H25NO2. The average molecular weight is 323 g/mol. The highest BCUT2D eigenvalue weighted by Crippen LogP contribution is 2.17. The second-order valence-corrected chi connectivity index (χ2v) is 6.72. The van der Waals surface area contributed by atoms with Crippen LogP contribution in [0, 0.1) is 5.92 Å². The summed E-state index contributed by atoms with van der Waals surface area (Å²) in [6.45, 7) is 8.05. The number of rotatable bonds is 6. The van der Waals surface area contributed by atoms with Gasteiger partial charge in [0.05, 0.1) is 6.42 Å². The molecule has 2 aromatic rings. The monoisotopic (exact) mass is 323 g/mol. The summed E-state index contributed by atoms with van der Waals surface area (Å²) >= 11 is 0. The number of hydrogen-bond acceptors (Lipinski definition) is 2. The van der Waals surface area contributed by atoms with Gasteiger partial charge in [0.15, 0.2) is 5.78 Å². The number of benzene rings is 2. The van der Waals surface area contributed by atoms with Crippen molar-refractivity contribution in [1.82, 2.24) is 0 Å². The van der Waals surface area contributed by atoms with Crippen LogP contribution in [0.2, 0.25) is 0 Å². The van der Waals surface area contributed by atoms with Crippen LogP contribution in [0.1, 0.15) is 55.1 Å². The lowest BCUT2D eigenvalue weighted by molar-refractivity contribution is -0.115. The Balaban J connectivity index is 1.95. The Bertz CT molecular complexity index is 698. The van der Waals surface area contributed by atoms with Gasteiger partial charge in [-0.3, -0.25) is 9.59 Å². The van der Waals surface area contributed by atoms with Crippen molar-refractivity contribution in [3.05, 3.63) is 65.2 Å². The Hall–Kier alpha value is -2.42. The van der Waals surface area contributed by atoms with Gasteiger partial charge in [0.2, 0.25) is 5.91 Å². The maximum absolute atomic E-state index is 12.1. The lowest BCUT2D eigenvalue weighted by Gasteiger charge is -2.09. The van der Waals surface area contributed by atoms with E-state index in [1.165, 1.54) is 5.56 Å². The third-order valence-electron chi connectivity index (χ3n) is 3.99. The van der Waals surface area contributed by atoms with Gasteiger partial charge >= 0.3 is 0 Å². The highest BCUT2D eigenvalue weighted by atomic mass is 16.1. The second-order valence-electron chi connectivity index (χ2n) is 6.72. The van der Waals surface area contributed by atoms with Crippen molar-refractivity contribution in [2.45, 2.75) is 40.0 Å². The van der Waals surface area contributed by atoms with E-state index in [1.54, 1.807) is 12.1 Å². The predicted octanol–water partition coefficient (Wildman–Crippen LogP) is 4.83. The summed E-state index contributed by atoms with van der Waals surface area (Å²) in [5.41, 5.74) is 3.64. The minimum Gasteiger partial charge on any atom is -0.326 e. The van der Waals surface area contributed by atoms with E-state index in [0.717, 1.165) is 11.3 Å². The first-order valence-corrected chi connectivity index (χ1v) is 8.39. The van der Waals surface area contributed by atoms with E-state index in [1.807, 2.05) is 50.2 Å². The molecule has 0 saturated carbocycles. The van der Waals surface area contributed by atoms with Gasteiger partial charge in [0, 0.05) is 17.2 Å². The normalized spacial score (nSPS) is 10.9. The van der Waals surface area contributed by atoms with Gasteiger partial charge in [-0.1, -0.05) is 64.1 Å². The first-order chi connectivity index (χ1) is 11.4. The fraction of sp³-hybridized carbons (Fsp3) is 0.333. The van der Waals surface area contributed by atoms with Crippen LogP contribution in [0.15, 0.2) is 48.5 Å². The van der Waals surface area contributed by atoms with Crippen molar-refractivity contribution in [2.75, 3.05) is 5.32 Å². The number of ketones is 1. The van der Waals surface area contributed by atoms with Crippen LogP contribution >= 0.6 is 0 Å². The SMILES string of the molecule is CC(C)C(=O)c1ccc(CC(=O)Nc2ccc(C(C)C)cc2)cc1. The summed E-state index contributed by atoms with van der Waals surface area (Å²) in [4.78, 5) is 24.1. The van der Waals surface area contributed by atoms with Gasteiger partial charge in [0.1, 0.15) is 0 Å². The zero-order chi connectivity index (χ0) is 17.7. The molecule has 1 N–H and O–H groups in total. The largest absolute Gasteiger partial charge is 0.326 e. The first kappa shape index (κ1) is 17.9. The van der Waals surface area contributed by atoms with E-state index in [0.29, 0.717) is 17.9 Å². The van der Waals surface area contributed by atoms with Crippen molar-refractivity contribution < 1.29 is 9.59 Å². The quantitative estimate of drug-likeness (QED) is 0.774. The van der Waals surface area contributed by atoms with Gasteiger partial charge < -0.3 is 5.32 Å². The third-order valence-corrected chi connectivity index (χ3v) is 3.99. The van der Waals surface area contributed by atoms with Crippen molar-refractivity contribution in [3.8, 4) is 0 Å². The molecule has 0 fully saturated rings. The van der Waals surface area contributed by atoms with E-state index >= 15 is 0 Å². The number of hydrogen-bond donors (Lipinski definition) is 1. The molecule has 0 radical (unpaired) electrons. The Morgan fingerprint density at radius 1 is 0.875 bits per heavy atom. The molecule has 0 aromatic heterocycles. The molecule has 0 heterocycles. The fourth-order valence-corrected chi connectivity index (χ4v) is 2.46. The molecule has 3 heteroatoms. The lowest BCUT2D eigenvalue weighted by Crippen LogP contribution is -2.14. The van der Waals surface area contributed by atoms with Gasteiger partial charge in [-0.05, 0) is 29.2 Å². The number of Topliss-reactive ketones (excluding diaryl/α,β-unsaturated/α-hetero) is 1. The topological polar surface area (TPSA) is 46.2 Å². The summed E-state index contributed by atoms with van der Waals surface area (Å²) < 4.78 is 0. The van der Waals surface area contributed by atoms with Gasteiger partial charge in [-0.15, -0.1) is 0 Å². The minimum absolute atomic E-state index is 0.0204. The maximum atomic E-state index is 12.1. The smallest absolute Gasteiger partial charge is 0.228 e. The maximum Gasteiger partial charge on any atom is 0.228 e. The first-order valence-electron chi connectivity index (χ1n) is 8.39. The molecule has 0 aliphatic carbocycles. The zero-order valence-electron chi connectivity index (χ0n) is 14.8. The summed E-state index contributed by atoms with van der Waals surface area (Å²) in [5, 5.41) is 2.91. The summed E-state index contributed by atoms with van der Waals surface area (Å²) in [5.74, 6) is 0.515. The van der Waals surface area contributed by atoms with Gasteiger partial charge in [-0.2, -0.15) is 0 Å². The Kier molecular flexibility index (Phi) is 5.91. The number of carbonyl (C=O) groups is 2. The highest BCUT2D eigenvalue weighted by Gasteiger charge is 2.11. The van der Waals surface area contributed by atoms with E-state index in [2.05, 4.69) is 19.2 Å². The van der Waals surface area contributed by atoms with Crippen LogP contribution in [0.4, 0.5) is 5.69 Å². The molecule has 0 spiro atoms. The van der Waals surface area contributed by atoms with Crippen LogP contribution in [-0.4, -0.2) is 11.7 Å². The van der Waals surface area contributed by atoms with Crippen molar-refractivity contribution in [3.63, 3.8) is 0 Å². The lowest BCUT2D eigenvalue weighted by atomic mass is 9.99. The second kappa shape index (κ2) is 7.91. The van der Waals surface area contributed by atoms with E-state index < -0.39 is 0 Å². The molecule has 126 valence electrons. The summed E-state index contributed by atoms with van der Waals surface area (Å²) in [6.07, 6.45) is 0.294. The van der Waals surface area contributed by atoms with E-state index in [9.17, 15) is 9.59 Å². The van der Waals surface area contributed by atoms with Crippen LogP contribution in [-0.2, 0) is 11.2 Å². The van der Waals surface area contributed by atoms with Gasteiger partial charge in [-0.25, -0.2) is 0 Å². The summed E-state index contributed by atoms with van der Waals surface area (Å²) in [7, 11) is 0. The molecule has 3 nitrogen and oxygen atoms in total. The standard InChI is InChI=1S/C21H25NO2/c1-14(2)17-9-11-19(12-10-17)22-20(23)13-16-5-7-18(8-6-16)21(24)15(3)4/h5-12,14-15H,13H2,1-4H3,(H,22,23). The summed E-state index contributed by atoms with van der Waals surface area (Å²) in [6, 6.07) is 15.2. The van der Waals surface area contributed by atoms with Crippen molar-refractivity contribution in [2.24, 2.45) is 5.92 Å². The minimum atomic E-state index is -0.0600. The Morgan fingerprint density at radius 3 is 1.96 bits per heavy atom. The predicted molar refractivity (Wildman–Crippen MR) is 98.5 cm³/mol. The van der Waals surface area contributed by atoms with E-state index in [-0.39, 0.29) is 17.6 Å². The van der Waals surface area contributed by atoms with Crippen LogP contribution < -0.4 is 5.32 Å². The van der Waals surface area contributed by atoms with Crippen LogP contribution in [0.5, 0.6) is 0 Å². The Morgan fingerprint density at radius 2 is 1.46 bits per heavy atom. The molecule has 2 rings (SSSR count). The fourth-order valence-electron chi connectivity index (χ4n) is 2.46. The zero-order valence-corrected chi connectivity index (χ0v) is 14.8. The van der Waals surface area contributed by atoms with Crippen LogP contribution in [0.25, 0.3) is 0 Å².